The molecular weight excluding hydrogens is 505 g/mol. The van der Waals surface area contributed by atoms with Crippen molar-refractivity contribution in [3.8, 4) is 5.75 Å². The molecular formula is C28H35F3O7. The standard InChI is InChI=1S/C28H35F3O7/c29-28(30,31)18-6-5-7-19(14-18)35-17-20(36-26-8-1-3-12-33-26)10-11-21-22-15-25(32)37-24(22)16-23(21)38-27-9-2-4-13-34-27/h5-7,10-11,14,20-24,26-27H,1-4,8-9,12-13,15-17H2/b11-10+/t20-,21-,22-,23-,24-,26?,27?/m1/s1. The fourth-order valence-electron chi connectivity index (χ4n) is 5.67. The Balaban J connectivity index is 1.29. The van der Waals surface area contributed by atoms with Crippen LogP contribution in [0.15, 0.2) is 36.4 Å². The van der Waals surface area contributed by atoms with Crippen LogP contribution < -0.4 is 4.74 Å². The zero-order chi connectivity index (χ0) is 26.5. The molecule has 210 valence electrons. The molecule has 10 heteroatoms. The molecule has 1 aromatic rings. The van der Waals surface area contributed by atoms with Crippen LogP contribution in [0.5, 0.6) is 5.75 Å². The molecule has 38 heavy (non-hydrogen) atoms. The number of hydrogen-bond donors (Lipinski definition) is 0. The van der Waals surface area contributed by atoms with Crippen molar-refractivity contribution in [1.29, 1.82) is 0 Å². The van der Waals surface area contributed by atoms with Gasteiger partial charge in [0, 0.05) is 31.5 Å². The maximum Gasteiger partial charge on any atom is 0.416 e. The Morgan fingerprint density at radius 2 is 1.82 bits per heavy atom. The second-order valence-corrected chi connectivity index (χ2v) is 10.4. The monoisotopic (exact) mass is 540 g/mol. The predicted octanol–water partition coefficient (Wildman–Crippen LogP) is 5.42. The molecule has 3 heterocycles. The molecule has 0 N–H and O–H groups in total. The molecule has 4 fully saturated rings. The van der Waals surface area contributed by atoms with E-state index in [2.05, 4.69) is 0 Å². The van der Waals surface area contributed by atoms with E-state index in [0.717, 1.165) is 50.7 Å². The van der Waals surface area contributed by atoms with Gasteiger partial charge in [-0.1, -0.05) is 18.2 Å². The van der Waals surface area contributed by atoms with Gasteiger partial charge in [-0.2, -0.15) is 13.2 Å². The number of esters is 1. The topological polar surface area (TPSA) is 72.5 Å². The minimum absolute atomic E-state index is 0.00514. The molecule has 2 unspecified atom stereocenters. The lowest BCUT2D eigenvalue weighted by molar-refractivity contribution is -0.194. The summed E-state index contributed by atoms with van der Waals surface area (Å²) in [5.41, 5.74) is -0.772. The summed E-state index contributed by atoms with van der Waals surface area (Å²) in [7, 11) is 0. The van der Waals surface area contributed by atoms with Crippen LogP contribution in [0.2, 0.25) is 0 Å². The Kier molecular flexibility index (Phi) is 8.92. The molecule has 0 amide bonds. The number of hydrogen-bond acceptors (Lipinski definition) is 7. The van der Waals surface area contributed by atoms with Crippen LogP contribution in [0, 0.1) is 11.8 Å². The second kappa shape index (κ2) is 12.4. The minimum Gasteiger partial charge on any atom is -0.491 e. The van der Waals surface area contributed by atoms with Gasteiger partial charge in [-0.15, -0.1) is 0 Å². The number of carbonyl (C=O) groups excluding carboxylic acids is 1. The Morgan fingerprint density at radius 1 is 1.05 bits per heavy atom. The van der Waals surface area contributed by atoms with Gasteiger partial charge in [0.15, 0.2) is 12.6 Å². The van der Waals surface area contributed by atoms with E-state index < -0.39 is 24.1 Å². The first kappa shape index (κ1) is 27.4. The zero-order valence-electron chi connectivity index (χ0n) is 21.3. The molecule has 1 aliphatic carbocycles. The molecule has 5 rings (SSSR count). The summed E-state index contributed by atoms with van der Waals surface area (Å²) >= 11 is 0. The molecule has 1 saturated carbocycles. The van der Waals surface area contributed by atoms with E-state index in [9.17, 15) is 18.0 Å². The molecule has 3 saturated heterocycles. The molecule has 7 nitrogen and oxygen atoms in total. The van der Waals surface area contributed by atoms with Gasteiger partial charge in [-0.25, -0.2) is 0 Å². The summed E-state index contributed by atoms with van der Waals surface area (Å²) in [6, 6.07) is 4.80. The van der Waals surface area contributed by atoms with Crippen molar-refractivity contribution in [2.24, 2.45) is 11.8 Å². The van der Waals surface area contributed by atoms with Gasteiger partial charge in [0.05, 0.1) is 18.1 Å². The summed E-state index contributed by atoms with van der Waals surface area (Å²) in [4.78, 5) is 12.0. The van der Waals surface area contributed by atoms with Crippen LogP contribution in [0.1, 0.15) is 56.9 Å². The van der Waals surface area contributed by atoms with Crippen LogP contribution >= 0.6 is 0 Å². The number of benzene rings is 1. The predicted molar refractivity (Wildman–Crippen MR) is 129 cm³/mol. The molecule has 1 aromatic carbocycles. The van der Waals surface area contributed by atoms with Crippen molar-refractivity contribution in [3.05, 3.63) is 42.0 Å². The Bertz CT molecular complexity index is 956. The van der Waals surface area contributed by atoms with Gasteiger partial charge < -0.3 is 28.4 Å². The fraction of sp³-hybridized carbons (Fsp3) is 0.679. The van der Waals surface area contributed by atoms with Gasteiger partial charge in [0.2, 0.25) is 0 Å². The minimum atomic E-state index is -4.46. The van der Waals surface area contributed by atoms with E-state index in [4.69, 9.17) is 28.4 Å². The number of fused-ring (bicyclic) bond motifs is 1. The molecule has 7 atom stereocenters. The van der Waals surface area contributed by atoms with E-state index in [0.29, 0.717) is 26.1 Å². The van der Waals surface area contributed by atoms with E-state index in [1.54, 1.807) is 0 Å². The molecule has 0 spiro atoms. The highest BCUT2D eigenvalue weighted by Crippen LogP contribution is 2.44. The number of rotatable bonds is 9. The largest absolute Gasteiger partial charge is 0.491 e. The van der Waals surface area contributed by atoms with Crippen molar-refractivity contribution in [2.45, 2.75) is 88.4 Å². The second-order valence-electron chi connectivity index (χ2n) is 10.4. The van der Waals surface area contributed by atoms with Gasteiger partial charge in [-0.05, 0) is 56.7 Å². The van der Waals surface area contributed by atoms with Crippen molar-refractivity contribution >= 4 is 5.97 Å². The third kappa shape index (κ3) is 7.08. The maximum absolute atomic E-state index is 13.1. The maximum atomic E-state index is 13.1. The smallest absolute Gasteiger partial charge is 0.416 e. The lowest BCUT2D eigenvalue weighted by atomic mass is 9.91. The molecule has 3 aliphatic heterocycles. The lowest BCUT2D eigenvalue weighted by Gasteiger charge is -2.29. The van der Waals surface area contributed by atoms with E-state index in [-0.39, 0.29) is 48.7 Å². The third-order valence-corrected chi connectivity index (χ3v) is 7.60. The Hall–Kier alpha value is -2.14. The number of carbonyl (C=O) groups is 1. The Morgan fingerprint density at radius 3 is 2.53 bits per heavy atom. The first-order valence-corrected chi connectivity index (χ1v) is 13.6. The van der Waals surface area contributed by atoms with Gasteiger partial charge >= 0.3 is 12.1 Å². The van der Waals surface area contributed by atoms with Crippen LogP contribution in [0.25, 0.3) is 0 Å². The Labute approximate surface area is 220 Å². The average molecular weight is 541 g/mol. The fourth-order valence-corrected chi connectivity index (χ4v) is 5.67. The van der Waals surface area contributed by atoms with Crippen molar-refractivity contribution < 1.29 is 46.4 Å². The van der Waals surface area contributed by atoms with Crippen molar-refractivity contribution in [3.63, 3.8) is 0 Å². The van der Waals surface area contributed by atoms with Gasteiger partial charge in [0.25, 0.3) is 0 Å². The van der Waals surface area contributed by atoms with Crippen LogP contribution in [-0.2, 0) is 34.7 Å². The van der Waals surface area contributed by atoms with E-state index >= 15 is 0 Å². The number of ether oxygens (including phenoxy) is 6. The number of alkyl halides is 3. The molecule has 0 bridgehead atoms. The van der Waals surface area contributed by atoms with E-state index in [1.807, 2.05) is 12.2 Å². The SMILES string of the molecule is O=C1C[C@@H]2[C@@H](/C=C/[C@H](COc3cccc(C(F)(F)F)c3)OC3CCCCO3)[C@H](OC3CCCCO3)C[C@H]2O1. The third-order valence-electron chi connectivity index (χ3n) is 7.60. The molecule has 4 aliphatic rings. The average Bonchev–Trinajstić information content (AvgIpc) is 3.42. The highest BCUT2D eigenvalue weighted by atomic mass is 19.4. The summed E-state index contributed by atoms with van der Waals surface area (Å²) in [6.45, 7) is 1.27. The van der Waals surface area contributed by atoms with Crippen LogP contribution in [0.4, 0.5) is 13.2 Å². The summed E-state index contributed by atoms with van der Waals surface area (Å²) in [5.74, 6) is -0.202. The first-order valence-electron chi connectivity index (χ1n) is 13.6. The van der Waals surface area contributed by atoms with Crippen molar-refractivity contribution in [1.82, 2.24) is 0 Å². The highest BCUT2D eigenvalue weighted by Gasteiger charge is 2.50. The van der Waals surface area contributed by atoms with Crippen LogP contribution in [-0.4, -0.2) is 56.7 Å². The molecule has 0 aromatic heterocycles. The van der Waals surface area contributed by atoms with E-state index in [1.165, 1.54) is 12.1 Å². The zero-order valence-corrected chi connectivity index (χ0v) is 21.3. The van der Waals surface area contributed by atoms with Gasteiger partial charge in [0.1, 0.15) is 24.6 Å². The first-order chi connectivity index (χ1) is 18.3. The van der Waals surface area contributed by atoms with Crippen LogP contribution in [0.3, 0.4) is 0 Å². The quantitative estimate of drug-likeness (QED) is 0.306. The van der Waals surface area contributed by atoms with Gasteiger partial charge in [-0.3, -0.25) is 4.79 Å². The highest BCUT2D eigenvalue weighted by molar-refractivity contribution is 5.72. The normalized spacial score (nSPS) is 32.8. The summed E-state index contributed by atoms with van der Waals surface area (Å²) in [5, 5.41) is 0. The lowest BCUT2D eigenvalue weighted by Crippen LogP contribution is -2.32. The summed E-state index contributed by atoms with van der Waals surface area (Å²) < 4.78 is 74.7. The summed E-state index contributed by atoms with van der Waals surface area (Å²) in [6.07, 6.45) is 4.24. The number of halogens is 3. The molecule has 0 radical (unpaired) electrons. The van der Waals surface area contributed by atoms with Crippen molar-refractivity contribution in [2.75, 3.05) is 19.8 Å².